The highest BCUT2D eigenvalue weighted by molar-refractivity contribution is 14.0. The number of aryl methyl sites for hydroxylation is 2. The number of nitrogens with zero attached hydrogens (tertiary/aromatic N) is 2. The Morgan fingerprint density at radius 1 is 1.23 bits per heavy atom. The second-order valence-corrected chi connectivity index (χ2v) is 8.75. The summed E-state index contributed by atoms with van der Waals surface area (Å²) < 4.78 is 0. The van der Waals surface area contributed by atoms with Crippen LogP contribution in [0.2, 0.25) is 0 Å². The predicted octanol–water partition coefficient (Wildman–Crippen LogP) is 4.76. The van der Waals surface area contributed by atoms with Crippen molar-refractivity contribution in [3.63, 3.8) is 0 Å². The highest BCUT2D eigenvalue weighted by atomic mass is 127. The van der Waals surface area contributed by atoms with Gasteiger partial charge in [-0.25, -0.2) is 9.98 Å². The van der Waals surface area contributed by atoms with E-state index in [-0.39, 0.29) is 35.8 Å². The monoisotopic (exact) mass is 541 g/mol. The zero-order valence-electron chi connectivity index (χ0n) is 18.0. The van der Waals surface area contributed by atoms with Gasteiger partial charge in [0.25, 0.3) is 0 Å². The summed E-state index contributed by atoms with van der Waals surface area (Å²) in [4.78, 5) is 22.8. The Labute approximate surface area is 200 Å². The van der Waals surface area contributed by atoms with E-state index >= 15 is 0 Å². The largest absolute Gasteiger partial charge is 0.357 e. The van der Waals surface area contributed by atoms with E-state index in [0.717, 1.165) is 60.1 Å². The maximum absolute atomic E-state index is 12.4. The number of carbonyl (C=O) groups excluding carboxylic acids is 1. The first-order chi connectivity index (χ1) is 14.0. The van der Waals surface area contributed by atoms with Crippen LogP contribution in [0.1, 0.15) is 53.7 Å². The molecule has 0 unspecified atom stereocenters. The van der Waals surface area contributed by atoms with Crippen molar-refractivity contribution in [2.75, 3.05) is 11.9 Å². The quantitative estimate of drug-likeness (QED) is 0.268. The zero-order chi connectivity index (χ0) is 20.6. The highest BCUT2D eigenvalue weighted by Crippen LogP contribution is 2.26. The summed E-state index contributed by atoms with van der Waals surface area (Å²) in [5, 5.41) is 10.8. The van der Waals surface area contributed by atoms with E-state index in [0.29, 0.717) is 13.1 Å². The lowest BCUT2D eigenvalue weighted by molar-refractivity contribution is -0.119. The number of hydrogen-bond acceptors (Lipinski definition) is 4. The molecule has 1 fully saturated rings. The third-order valence-corrected chi connectivity index (χ3v) is 6.17. The van der Waals surface area contributed by atoms with Gasteiger partial charge in [0.1, 0.15) is 0 Å². The molecule has 1 aromatic carbocycles. The fourth-order valence-electron chi connectivity index (χ4n) is 3.59. The fraction of sp³-hybridized carbons (Fsp3) is 0.500. The number of nitrogens with one attached hydrogen (secondary N) is 3. The molecule has 1 amide bonds. The number of anilines is 1. The van der Waals surface area contributed by atoms with Crippen LogP contribution in [0.25, 0.3) is 0 Å². The second kappa shape index (κ2) is 12.2. The van der Waals surface area contributed by atoms with Crippen LogP contribution in [0.3, 0.4) is 0 Å². The van der Waals surface area contributed by atoms with Crippen LogP contribution in [0.4, 0.5) is 5.69 Å². The molecule has 164 valence electrons. The lowest BCUT2D eigenvalue weighted by Crippen LogP contribution is -2.36. The van der Waals surface area contributed by atoms with E-state index in [1.165, 1.54) is 4.88 Å². The number of benzene rings is 1. The summed E-state index contributed by atoms with van der Waals surface area (Å²) in [6.07, 6.45) is 4.33. The average molecular weight is 542 g/mol. The van der Waals surface area contributed by atoms with Crippen LogP contribution in [-0.4, -0.2) is 23.4 Å². The molecule has 1 aliphatic rings. The Hall–Kier alpha value is -1.68. The van der Waals surface area contributed by atoms with Crippen LogP contribution in [-0.2, 0) is 17.9 Å². The first kappa shape index (κ1) is 24.6. The number of halogens is 1. The van der Waals surface area contributed by atoms with Crippen LogP contribution in [0, 0.1) is 19.8 Å². The Bertz CT molecular complexity index is 861. The molecule has 30 heavy (non-hydrogen) atoms. The van der Waals surface area contributed by atoms with Crippen molar-refractivity contribution in [3.8, 4) is 0 Å². The summed E-state index contributed by atoms with van der Waals surface area (Å²) in [6, 6.07) is 7.96. The molecule has 2 aromatic rings. The summed E-state index contributed by atoms with van der Waals surface area (Å²) >= 11 is 1.71. The molecule has 1 aromatic heterocycles. The number of aliphatic imine (C=N–C) groups is 1. The van der Waals surface area contributed by atoms with E-state index in [2.05, 4.69) is 27.9 Å². The van der Waals surface area contributed by atoms with Gasteiger partial charge in [0, 0.05) is 23.0 Å². The first-order valence-corrected chi connectivity index (χ1v) is 11.2. The van der Waals surface area contributed by atoms with E-state index < -0.39 is 0 Å². The van der Waals surface area contributed by atoms with Crippen molar-refractivity contribution >= 4 is 52.9 Å². The Balaban J connectivity index is 0.00000320. The lowest BCUT2D eigenvalue weighted by atomic mass is 10.1. The Morgan fingerprint density at radius 2 is 2.00 bits per heavy atom. The second-order valence-electron chi connectivity index (χ2n) is 7.46. The molecule has 1 saturated carbocycles. The number of carbonyl (C=O) groups is 1. The topological polar surface area (TPSA) is 78.4 Å². The maximum atomic E-state index is 12.4. The molecule has 0 saturated heterocycles. The smallest absolute Gasteiger partial charge is 0.227 e. The SMILES string of the molecule is CCNC(=NCc1cccc(NC(=O)C2CCCC2)c1)NCc1sc(C)nc1C.I. The van der Waals surface area contributed by atoms with Crippen molar-refractivity contribution in [2.45, 2.75) is 59.5 Å². The van der Waals surface area contributed by atoms with Gasteiger partial charge >= 0.3 is 0 Å². The van der Waals surface area contributed by atoms with Gasteiger partial charge < -0.3 is 16.0 Å². The number of guanidine groups is 1. The van der Waals surface area contributed by atoms with Gasteiger partial charge in [-0.2, -0.15) is 0 Å². The standard InChI is InChI=1S/C22H31N5OS.HI/c1-4-23-22(25-14-20-15(2)26-16(3)29-20)24-13-17-8-7-11-19(12-17)27-21(28)18-9-5-6-10-18;/h7-8,11-12,18H,4-6,9-10,13-14H2,1-3H3,(H,27,28)(H2,23,24,25);1H. The number of thiazole rings is 1. The molecule has 0 bridgehead atoms. The molecule has 8 heteroatoms. The first-order valence-electron chi connectivity index (χ1n) is 10.4. The van der Waals surface area contributed by atoms with Crippen LogP contribution in [0.15, 0.2) is 29.3 Å². The van der Waals surface area contributed by atoms with Gasteiger partial charge in [0.15, 0.2) is 5.96 Å². The number of rotatable bonds is 7. The van der Waals surface area contributed by atoms with Gasteiger partial charge in [0.05, 0.1) is 23.8 Å². The molecular formula is C22H32IN5OS. The minimum absolute atomic E-state index is 0. The summed E-state index contributed by atoms with van der Waals surface area (Å²) in [6.45, 7) is 8.17. The van der Waals surface area contributed by atoms with E-state index in [1.54, 1.807) is 11.3 Å². The van der Waals surface area contributed by atoms with Gasteiger partial charge in [-0.3, -0.25) is 4.79 Å². The fourth-order valence-corrected chi connectivity index (χ4v) is 4.47. The van der Waals surface area contributed by atoms with Crippen LogP contribution >= 0.6 is 35.3 Å². The number of amides is 1. The molecule has 1 aliphatic carbocycles. The van der Waals surface area contributed by atoms with Crippen molar-refractivity contribution in [2.24, 2.45) is 10.9 Å². The lowest BCUT2D eigenvalue weighted by Gasteiger charge is -2.12. The van der Waals surface area contributed by atoms with E-state index in [1.807, 2.05) is 38.1 Å². The van der Waals surface area contributed by atoms with Gasteiger partial charge in [-0.15, -0.1) is 35.3 Å². The van der Waals surface area contributed by atoms with Gasteiger partial charge in [-0.05, 0) is 51.3 Å². The van der Waals surface area contributed by atoms with Crippen LogP contribution in [0.5, 0.6) is 0 Å². The minimum Gasteiger partial charge on any atom is -0.357 e. The predicted molar refractivity (Wildman–Crippen MR) is 136 cm³/mol. The van der Waals surface area contributed by atoms with E-state index in [9.17, 15) is 4.79 Å². The van der Waals surface area contributed by atoms with Crippen molar-refractivity contribution in [1.82, 2.24) is 15.6 Å². The summed E-state index contributed by atoms with van der Waals surface area (Å²) in [7, 11) is 0. The van der Waals surface area contributed by atoms with Crippen molar-refractivity contribution in [3.05, 3.63) is 45.4 Å². The summed E-state index contributed by atoms with van der Waals surface area (Å²) in [5.41, 5.74) is 2.99. The molecular weight excluding hydrogens is 509 g/mol. The highest BCUT2D eigenvalue weighted by Gasteiger charge is 2.22. The third kappa shape index (κ3) is 7.23. The van der Waals surface area contributed by atoms with Crippen molar-refractivity contribution < 1.29 is 4.79 Å². The summed E-state index contributed by atoms with van der Waals surface area (Å²) in [5.74, 6) is 1.09. The molecule has 3 N–H and O–H groups in total. The maximum Gasteiger partial charge on any atom is 0.227 e. The molecule has 3 rings (SSSR count). The van der Waals surface area contributed by atoms with Gasteiger partial charge in [0.2, 0.25) is 5.91 Å². The normalized spacial score (nSPS) is 14.3. The number of aromatic nitrogens is 1. The molecule has 0 aliphatic heterocycles. The van der Waals surface area contributed by atoms with Crippen LogP contribution < -0.4 is 16.0 Å². The Morgan fingerprint density at radius 3 is 2.67 bits per heavy atom. The Kier molecular flexibility index (Phi) is 10.0. The molecule has 6 nitrogen and oxygen atoms in total. The molecule has 0 radical (unpaired) electrons. The molecule has 0 atom stereocenters. The molecule has 1 heterocycles. The number of hydrogen-bond donors (Lipinski definition) is 3. The third-order valence-electron chi connectivity index (χ3n) is 5.10. The average Bonchev–Trinajstić information content (AvgIpc) is 3.34. The van der Waals surface area contributed by atoms with E-state index in [4.69, 9.17) is 4.99 Å². The van der Waals surface area contributed by atoms with Gasteiger partial charge in [-0.1, -0.05) is 25.0 Å². The molecule has 0 spiro atoms. The minimum atomic E-state index is 0. The van der Waals surface area contributed by atoms with Crippen molar-refractivity contribution in [1.29, 1.82) is 0 Å². The zero-order valence-corrected chi connectivity index (χ0v) is 21.1.